The molecule has 0 amide bonds. The van der Waals surface area contributed by atoms with Crippen LogP contribution in [0.3, 0.4) is 0 Å². The Morgan fingerprint density at radius 2 is 0.778 bits per heavy atom. The summed E-state index contributed by atoms with van der Waals surface area (Å²) >= 11 is 0. The van der Waals surface area contributed by atoms with Crippen molar-refractivity contribution < 1.29 is 0 Å². The van der Waals surface area contributed by atoms with Crippen molar-refractivity contribution in [1.29, 1.82) is 0 Å². The molecule has 0 N–H and O–H groups in total. The summed E-state index contributed by atoms with van der Waals surface area (Å²) in [5.74, 6) is 0. The first-order valence-electron chi connectivity index (χ1n) is 16.2. The van der Waals surface area contributed by atoms with Gasteiger partial charge in [0.2, 0.25) is 0 Å². The summed E-state index contributed by atoms with van der Waals surface area (Å²) in [5.41, 5.74) is 10.1. The Bertz CT molecular complexity index is 1700. The molecule has 0 atom stereocenters. The van der Waals surface area contributed by atoms with Crippen molar-refractivity contribution in [2.75, 3.05) is 9.80 Å². The molecule has 6 aromatic rings. The minimum absolute atomic E-state index is 0.184. The third-order valence-corrected chi connectivity index (χ3v) is 9.56. The lowest BCUT2D eigenvalue weighted by molar-refractivity contribution is 0.291. The molecule has 0 unspecified atom stereocenters. The van der Waals surface area contributed by atoms with Crippen LogP contribution < -0.4 is 9.80 Å². The van der Waals surface area contributed by atoms with Crippen LogP contribution in [-0.4, -0.2) is 6.04 Å². The van der Waals surface area contributed by atoms with E-state index in [1.807, 2.05) is 0 Å². The molecule has 0 spiro atoms. The second-order valence-corrected chi connectivity index (χ2v) is 12.5. The zero-order valence-corrected chi connectivity index (χ0v) is 26.0. The van der Waals surface area contributed by atoms with E-state index in [1.54, 1.807) is 0 Å². The van der Waals surface area contributed by atoms with Gasteiger partial charge in [0, 0.05) is 34.5 Å². The Morgan fingerprint density at radius 1 is 0.422 bits per heavy atom. The molecule has 222 valence electrons. The molecule has 1 fully saturated rings. The van der Waals surface area contributed by atoms with Gasteiger partial charge in [-0.1, -0.05) is 116 Å². The monoisotopic (exact) mass is 584 g/mol. The molecule has 0 aromatic heterocycles. The van der Waals surface area contributed by atoms with Gasteiger partial charge in [-0.3, -0.25) is 0 Å². The van der Waals surface area contributed by atoms with Crippen molar-refractivity contribution in [3.05, 3.63) is 175 Å². The SMILES string of the molecule is CC1(c2ccc(-c3ccc(N(c4ccccc4)c4ccccc4)cc3)cc2)CCC(N(c2ccccc2)c2ccccc2)CC1. The normalized spacial score (nSPS) is 17.8. The highest BCUT2D eigenvalue weighted by Gasteiger charge is 2.35. The molecule has 0 heterocycles. The average Bonchev–Trinajstić information content (AvgIpc) is 3.12. The number of anilines is 5. The summed E-state index contributed by atoms with van der Waals surface area (Å²) in [4.78, 5) is 4.86. The van der Waals surface area contributed by atoms with Crippen molar-refractivity contribution in [2.45, 2.75) is 44.1 Å². The number of rotatable bonds is 8. The zero-order valence-electron chi connectivity index (χ0n) is 26.0. The fraction of sp³-hybridized carbons (Fsp3) is 0.163. The van der Waals surface area contributed by atoms with Gasteiger partial charge in [-0.25, -0.2) is 0 Å². The summed E-state index contributed by atoms with van der Waals surface area (Å²) < 4.78 is 0. The van der Waals surface area contributed by atoms with E-state index in [4.69, 9.17) is 0 Å². The highest BCUT2D eigenvalue weighted by atomic mass is 15.2. The minimum atomic E-state index is 0.184. The summed E-state index contributed by atoms with van der Waals surface area (Å²) in [6.45, 7) is 2.46. The molecule has 0 radical (unpaired) electrons. The lowest BCUT2D eigenvalue weighted by atomic mass is 9.69. The summed E-state index contributed by atoms with van der Waals surface area (Å²) in [6, 6.07) is 61.7. The fourth-order valence-corrected chi connectivity index (χ4v) is 7.00. The van der Waals surface area contributed by atoms with Crippen LogP contribution in [0.4, 0.5) is 28.4 Å². The lowest BCUT2D eigenvalue weighted by Crippen LogP contribution is -2.39. The van der Waals surface area contributed by atoms with Crippen molar-refractivity contribution >= 4 is 28.4 Å². The van der Waals surface area contributed by atoms with E-state index in [0.717, 1.165) is 17.1 Å². The lowest BCUT2D eigenvalue weighted by Gasteiger charge is -2.43. The van der Waals surface area contributed by atoms with Crippen LogP contribution >= 0.6 is 0 Å². The molecule has 1 aliphatic rings. The molecule has 0 bridgehead atoms. The van der Waals surface area contributed by atoms with Gasteiger partial charge in [0.1, 0.15) is 0 Å². The Kier molecular flexibility index (Phi) is 8.21. The van der Waals surface area contributed by atoms with Gasteiger partial charge in [0.05, 0.1) is 0 Å². The Balaban J connectivity index is 1.07. The Hall–Kier alpha value is -5.08. The topological polar surface area (TPSA) is 6.48 Å². The average molecular weight is 585 g/mol. The molecule has 7 rings (SSSR count). The number of hydrogen-bond acceptors (Lipinski definition) is 2. The van der Waals surface area contributed by atoms with Gasteiger partial charge in [-0.05, 0) is 108 Å². The fourth-order valence-electron chi connectivity index (χ4n) is 7.00. The van der Waals surface area contributed by atoms with Crippen LogP contribution in [-0.2, 0) is 5.41 Å². The number of nitrogens with zero attached hydrogens (tertiary/aromatic N) is 2. The van der Waals surface area contributed by atoms with Crippen LogP contribution in [0.15, 0.2) is 170 Å². The summed E-state index contributed by atoms with van der Waals surface area (Å²) in [7, 11) is 0. The smallest absolute Gasteiger partial charge is 0.0462 e. The number of hydrogen-bond donors (Lipinski definition) is 0. The highest BCUT2D eigenvalue weighted by Crippen LogP contribution is 2.44. The molecule has 0 aliphatic heterocycles. The van der Waals surface area contributed by atoms with E-state index >= 15 is 0 Å². The first kappa shape index (κ1) is 28.7. The zero-order chi connectivity index (χ0) is 30.5. The van der Waals surface area contributed by atoms with Gasteiger partial charge in [0.15, 0.2) is 0 Å². The summed E-state index contributed by atoms with van der Waals surface area (Å²) in [5, 5.41) is 0. The van der Waals surface area contributed by atoms with E-state index in [1.165, 1.54) is 53.7 Å². The molecular formula is C43H40N2. The molecule has 6 aromatic carbocycles. The Morgan fingerprint density at radius 3 is 1.20 bits per heavy atom. The largest absolute Gasteiger partial charge is 0.338 e. The van der Waals surface area contributed by atoms with Crippen molar-refractivity contribution in [2.24, 2.45) is 0 Å². The van der Waals surface area contributed by atoms with E-state index in [9.17, 15) is 0 Å². The Labute approximate surface area is 268 Å². The van der Waals surface area contributed by atoms with Crippen LogP contribution in [0.1, 0.15) is 38.2 Å². The molecule has 0 saturated heterocycles. The first-order valence-corrected chi connectivity index (χ1v) is 16.2. The van der Waals surface area contributed by atoms with Crippen LogP contribution in [0, 0.1) is 0 Å². The third kappa shape index (κ3) is 6.14. The van der Waals surface area contributed by atoms with Crippen molar-refractivity contribution in [1.82, 2.24) is 0 Å². The maximum Gasteiger partial charge on any atom is 0.0462 e. The predicted octanol–water partition coefficient (Wildman–Crippen LogP) is 11.9. The number of para-hydroxylation sites is 4. The molecule has 2 nitrogen and oxygen atoms in total. The second kappa shape index (κ2) is 12.9. The third-order valence-electron chi connectivity index (χ3n) is 9.56. The van der Waals surface area contributed by atoms with Crippen LogP contribution in [0.5, 0.6) is 0 Å². The number of benzene rings is 6. The molecule has 1 aliphatic carbocycles. The molecular weight excluding hydrogens is 544 g/mol. The van der Waals surface area contributed by atoms with Crippen LogP contribution in [0.25, 0.3) is 11.1 Å². The van der Waals surface area contributed by atoms with Crippen molar-refractivity contribution in [3.8, 4) is 11.1 Å². The summed E-state index contributed by atoms with van der Waals surface area (Å²) in [6.07, 6.45) is 4.69. The molecule has 1 saturated carbocycles. The highest BCUT2D eigenvalue weighted by molar-refractivity contribution is 5.78. The van der Waals surface area contributed by atoms with Crippen molar-refractivity contribution in [3.63, 3.8) is 0 Å². The maximum absolute atomic E-state index is 2.56. The minimum Gasteiger partial charge on any atom is -0.338 e. The van der Waals surface area contributed by atoms with Gasteiger partial charge >= 0.3 is 0 Å². The maximum atomic E-state index is 2.56. The van der Waals surface area contributed by atoms with E-state index in [2.05, 4.69) is 187 Å². The van der Waals surface area contributed by atoms with E-state index < -0.39 is 0 Å². The standard InChI is InChI=1S/C43H40N2/c1-43(32-30-42(31-33-43)45(39-18-10-4-11-19-39)40-20-12-5-13-21-40)36-26-22-34(23-27-36)35-24-28-41(29-25-35)44(37-14-6-2-7-15-37)38-16-8-3-9-17-38/h2-29,42H,30-33H2,1H3. The van der Waals surface area contributed by atoms with Gasteiger partial charge in [-0.15, -0.1) is 0 Å². The predicted molar refractivity (Wildman–Crippen MR) is 191 cm³/mol. The van der Waals surface area contributed by atoms with Gasteiger partial charge in [0.25, 0.3) is 0 Å². The first-order chi connectivity index (χ1) is 22.2. The molecule has 2 heteroatoms. The second-order valence-electron chi connectivity index (χ2n) is 12.5. The quantitative estimate of drug-likeness (QED) is 0.176. The van der Waals surface area contributed by atoms with E-state index in [-0.39, 0.29) is 5.41 Å². The molecule has 45 heavy (non-hydrogen) atoms. The van der Waals surface area contributed by atoms with Crippen LogP contribution in [0.2, 0.25) is 0 Å². The van der Waals surface area contributed by atoms with Gasteiger partial charge < -0.3 is 9.80 Å². The van der Waals surface area contributed by atoms with Gasteiger partial charge in [-0.2, -0.15) is 0 Å². The van der Waals surface area contributed by atoms with E-state index in [0.29, 0.717) is 6.04 Å².